The monoisotopic (exact) mass is 392 g/mol. The number of methoxy groups -OCH3 is 1. The lowest BCUT2D eigenvalue weighted by atomic mass is 9.88. The van der Waals surface area contributed by atoms with Crippen molar-refractivity contribution < 1.29 is 18.7 Å². The minimum absolute atomic E-state index is 0.155. The number of benzene rings is 1. The lowest BCUT2D eigenvalue weighted by Crippen LogP contribution is -2.49. The molecule has 2 aliphatic rings. The van der Waals surface area contributed by atoms with E-state index in [-0.39, 0.29) is 18.0 Å². The number of ether oxygens (including phenoxy) is 2. The fourth-order valence-electron chi connectivity index (χ4n) is 4.44. The summed E-state index contributed by atoms with van der Waals surface area (Å²) in [5, 5.41) is 0. The summed E-state index contributed by atoms with van der Waals surface area (Å²) < 4.78 is 25.4. The standard InChI is InChI=1S/C22H33FN2O3/c1-22(2,3)28-21(26)24-11-6-9-17(15-24)19-14-16-8-5-10-18(23)20(16)25(19)12-7-13-27-4/h5,8,10,17,19H,6-7,9,11-15H2,1-4H3. The normalized spacial score (nSPS) is 22.3. The number of hydrogen-bond donors (Lipinski definition) is 0. The second kappa shape index (κ2) is 8.68. The van der Waals surface area contributed by atoms with Crippen LogP contribution in [0.5, 0.6) is 0 Å². The first-order chi connectivity index (χ1) is 13.3. The zero-order valence-electron chi connectivity index (χ0n) is 17.5. The van der Waals surface area contributed by atoms with Gasteiger partial charge in [-0.15, -0.1) is 0 Å². The average Bonchev–Trinajstić information content (AvgIpc) is 3.01. The van der Waals surface area contributed by atoms with E-state index in [0.29, 0.717) is 19.1 Å². The lowest BCUT2D eigenvalue weighted by molar-refractivity contribution is 0.0152. The number of rotatable bonds is 5. The molecule has 0 aliphatic carbocycles. The first kappa shape index (κ1) is 20.9. The Balaban J connectivity index is 1.75. The van der Waals surface area contributed by atoms with Crippen LogP contribution in [-0.4, -0.2) is 56.0 Å². The quantitative estimate of drug-likeness (QED) is 0.703. The summed E-state index contributed by atoms with van der Waals surface area (Å²) in [5.41, 5.74) is 1.30. The molecule has 0 aromatic heterocycles. The van der Waals surface area contributed by atoms with Gasteiger partial charge in [-0.25, -0.2) is 9.18 Å². The Bertz CT molecular complexity index is 689. The van der Waals surface area contributed by atoms with Crippen LogP contribution in [0, 0.1) is 11.7 Å². The van der Waals surface area contributed by atoms with E-state index in [1.807, 2.05) is 31.7 Å². The van der Waals surface area contributed by atoms with Crippen LogP contribution in [-0.2, 0) is 15.9 Å². The number of hydrogen-bond acceptors (Lipinski definition) is 4. The van der Waals surface area contributed by atoms with Crippen molar-refractivity contribution in [1.82, 2.24) is 4.90 Å². The average molecular weight is 393 g/mol. The van der Waals surface area contributed by atoms with Crippen LogP contribution in [0.25, 0.3) is 0 Å². The molecule has 2 unspecified atom stereocenters. The van der Waals surface area contributed by atoms with E-state index < -0.39 is 5.60 Å². The Morgan fingerprint density at radius 2 is 2.11 bits per heavy atom. The topological polar surface area (TPSA) is 42.0 Å². The van der Waals surface area contributed by atoms with E-state index >= 15 is 0 Å². The molecule has 1 aromatic carbocycles. The molecule has 0 saturated carbocycles. The lowest BCUT2D eigenvalue weighted by Gasteiger charge is -2.40. The zero-order chi connectivity index (χ0) is 20.3. The summed E-state index contributed by atoms with van der Waals surface area (Å²) in [7, 11) is 1.69. The van der Waals surface area contributed by atoms with Crippen LogP contribution in [0.3, 0.4) is 0 Å². The molecule has 2 heterocycles. The molecule has 1 saturated heterocycles. The van der Waals surface area contributed by atoms with E-state index in [1.165, 1.54) is 0 Å². The molecule has 5 nitrogen and oxygen atoms in total. The largest absolute Gasteiger partial charge is 0.444 e. The highest BCUT2D eigenvalue weighted by molar-refractivity contribution is 5.68. The van der Waals surface area contributed by atoms with Crippen molar-refractivity contribution in [2.45, 2.75) is 58.1 Å². The highest BCUT2D eigenvalue weighted by Gasteiger charge is 2.39. The second-order valence-electron chi connectivity index (χ2n) is 8.89. The number of piperidine rings is 1. The van der Waals surface area contributed by atoms with Gasteiger partial charge in [-0.3, -0.25) is 0 Å². The Hall–Kier alpha value is -1.82. The molecule has 3 rings (SSSR count). The van der Waals surface area contributed by atoms with Gasteiger partial charge in [0.25, 0.3) is 0 Å². The van der Waals surface area contributed by atoms with Crippen molar-refractivity contribution in [3.8, 4) is 0 Å². The van der Waals surface area contributed by atoms with Crippen molar-refractivity contribution in [1.29, 1.82) is 0 Å². The minimum atomic E-state index is -0.497. The van der Waals surface area contributed by atoms with Gasteiger partial charge in [0.15, 0.2) is 0 Å². The van der Waals surface area contributed by atoms with Gasteiger partial charge in [-0.2, -0.15) is 0 Å². The number of nitrogens with zero attached hydrogens (tertiary/aromatic N) is 2. The molecule has 0 radical (unpaired) electrons. The third-order valence-corrected chi connectivity index (χ3v) is 5.59. The number of carbonyl (C=O) groups excluding carboxylic acids is 1. The second-order valence-corrected chi connectivity index (χ2v) is 8.89. The predicted molar refractivity (Wildman–Crippen MR) is 108 cm³/mol. The molecule has 156 valence electrons. The van der Waals surface area contributed by atoms with Gasteiger partial charge in [0.05, 0.1) is 5.69 Å². The Morgan fingerprint density at radius 1 is 1.32 bits per heavy atom. The third-order valence-electron chi connectivity index (χ3n) is 5.59. The maximum absolute atomic E-state index is 14.6. The fraction of sp³-hybridized carbons (Fsp3) is 0.682. The molecular formula is C22H33FN2O3. The van der Waals surface area contributed by atoms with E-state index in [4.69, 9.17) is 9.47 Å². The third kappa shape index (κ3) is 4.77. The van der Waals surface area contributed by atoms with Crippen molar-refractivity contribution in [2.24, 2.45) is 5.92 Å². The number of halogens is 1. The first-order valence-electron chi connectivity index (χ1n) is 10.3. The maximum Gasteiger partial charge on any atom is 0.410 e. The highest BCUT2D eigenvalue weighted by atomic mass is 19.1. The Kier molecular flexibility index (Phi) is 6.48. The molecule has 1 amide bonds. The van der Waals surface area contributed by atoms with Crippen LogP contribution < -0.4 is 4.90 Å². The molecule has 1 fully saturated rings. The van der Waals surface area contributed by atoms with E-state index in [0.717, 1.165) is 50.0 Å². The van der Waals surface area contributed by atoms with Gasteiger partial charge in [-0.1, -0.05) is 12.1 Å². The van der Waals surface area contributed by atoms with Crippen LogP contribution in [0.2, 0.25) is 0 Å². The molecule has 1 aromatic rings. The summed E-state index contributed by atoms with van der Waals surface area (Å²) in [5.74, 6) is 0.146. The molecule has 0 spiro atoms. The van der Waals surface area contributed by atoms with Gasteiger partial charge in [-0.05, 0) is 64.0 Å². The van der Waals surface area contributed by atoms with Crippen LogP contribution in [0.1, 0.15) is 45.6 Å². The number of carbonyl (C=O) groups is 1. The summed E-state index contributed by atoms with van der Waals surface area (Å²) in [6, 6.07) is 5.56. The number of para-hydroxylation sites is 1. The number of likely N-dealkylation sites (tertiary alicyclic amines) is 1. The summed E-state index contributed by atoms with van der Waals surface area (Å²) >= 11 is 0. The van der Waals surface area contributed by atoms with Gasteiger partial charge < -0.3 is 19.3 Å². The van der Waals surface area contributed by atoms with Crippen LogP contribution >= 0.6 is 0 Å². The molecule has 2 aliphatic heterocycles. The molecule has 2 atom stereocenters. The van der Waals surface area contributed by atoms with Gasteiger partial charge in [0.1, 0.15) is 11.4 Å². The molecule has 28 heavy (non-hydrogen) atoms. The van der Waals surface area contributed by atoms with Crippen molar-refractivity contribution in [2.75, 3.05) is 38.3 Å². The van der Waals surface area contributed by atoms with E-state index in [1.54, 1.807) is 19.2 Å². The van der Waals surface area contributed by atoms with Crippen LogP contribution in [0.15, 0.2) is 18.2 Å². The van der Waals surface area contributed by atoms with Gasteiger partial charge >= 0.3 is 6.09 Å². The smallest absolute Gasteiger partial charge is 0.410 e. The predicted octanol–water partition coefficient (Wildman–Crippen LogP) is 4.24. The summed E-state index contributed by atoms with van der Waals surface area (Å²) in [6.07, 6.45) is 3.42. The van der Waals surface area contributed by atoms with Crippen LogP contribution in [0.4, 0.5) is 14.9 Å². The first-order valence-corrected chi connectivity index (χ1v) is 10.3. The maximum atomic E-state index is 14.6. The Labute approximate surface area is 167 Å². The van der Waals surface area contributed by atoms with E-state index in [2.05, 4.69) is 4.90 Å². The SMILES string of the molecule is COCCCN1c2c(F)cccc2CC1C1CCCN(C(=O)OC(C)(C)C)C1. The summed E-state index contributed by atoms with van der Waals surface area (Å²) in [6.45, 7) is 8.47. The van der Waals surface area contributed by atoms with Crippen molar-refractivity contribution in [3.63, 3.8) is 0 Å². The van der Waals surface area contributed by atoms with Gasteiger partial charge in [0, 0.05) is 39.4 Å². The number of amides is 1. The summed E-state index contributed by atoms with van der Waals surface area (Å²) in [4.78, 5) is 16.6. The zero-order valence-corrected chi connectivity index (χ0v) is 17.5. The van der Waals surface area contributed by atoms with Gasteiger partial charge in [0.2, 0.25) is 0 Å². The highest BCUT2D eigenvalue weighted by Crippen LogP contribution is 2.39. The van der Waals surface area contributed by atoms with Crippen molar-refractivity contribution in [3.05, 3.63) is 29.6 Å². The molecule has 6 heteroatoms. The number of fused-ring (bicyclic) bond motifs is 1. The van der Waals surface area contributed by atoms with Crippen molar-refractivity contribution >= 4 is 11.8 Å². The number of anilines is 1. The molecule has 0 N–H and O–H groups in total. The Morgan fingerprint density at radius 3 is 2.82 bits per heavy atom. The molecule has 0 bridgehead atoms. The molecular weight excluding hydrogens is 359 g/mol. The van der Waals surface area contributed by atoms with E-state index in [9.17, 15) is 9.18 Å². The minimum Gasteiger partial charge on any atom is -0.444 e. The fourth-order valence-corrected chi connectivity index (χ4v) is 4.44.